The maximum atomic E-state index is 14.6. The van der Waals surface area contributed by atoms with Gasteiger partial charge in [-0.25, -0.2) is 4.79 Å². The van der Waals surface area contributed by atoms with E-state index in [9.17, 15) is 97.8 Å². The van der Waals surface area contributed by atoms with E-state index in [1.807, 2.05) is 0 Å². The Bertz CT molecular complexity index is 2890. The van der Waals surface area contributed by atoms with Gasteiger partial charge < -0.3 is 112 Å². The first-order chi connectivity index (χ1) is 45.6. The van der Waals surface area contributed by atoms with Crippen LogP contribution >= 0.6 is 12.6 Å². The second-order valence-electron chi connectivity index (χ2n) is 24.2. The van der Waals surface area contributed by atoms with Gasteiger partial charge in [-0.2, -0.15) is 12.6 Å². The highest BCUT2D eigenvalue weighted by Gasteiger charge is 2.42. The third-order valence-corrected chi connectivity index (χ3v) is 15.7. The monoisotopic (exact) mass is 1390 g/mol. The van der Waals surface area contributed by atoms with Crippen LogP contribution in [0.5, 0.6) is 0 Å². The Labute approximate surface area is 566 Å². The van der Waals surface area contributed by atoms with Crippen molar-refractivity contribution in [2.24, 2.45) is 39.8 Å². The van der Waals surface area contributed by atoms with E-state index >= 15 is 0 Å². The summed E-state index contributed by atoms with van der Waals surface area (Å²) < 4.78 is 0. The predicted molar refractivity (Wildman–Crippen MR) is 350 cm³/mol. The van der Waals surface area contributed by atoms with Crippen LogP contribution in [0, 0.1) is 11.8 Å². The number of nitrogens with one attached hydrogen (secondary N) is 10. The van der Waals surface area contributed by atoms with Gasteiger partial charge in [0.15, 0.2) is 12.0 Å². The summed E-state index contributed by atoms with van der Waals surface area (Å²) in [6, 6.07) is -10.8. The first-order valence-corrected chi connectivity index (χ1v) is 32.3. The number of benzene rings is 1. The van der Waals surface area contributed by atoms with E-state index in [1.54, 1.807) is 58.0 Å². The van der Waals surface area contributed by atoms with Crippen molar-refractivity contribution < 1.29 is 97.8 Å². The minimum Gasteiger partial charge on any atom is -0.481 e. The molecular weight excluding hydrogens is 1300 g/mol. The predicted octanol–water partition coefficient (Wildman–Crippen LogP) is -6.61. The summed E-state index contributed by atoms with van der Waals surface area (Å²) in [5.74, 6) is -17.2. The molecule has 1 heterocycles. The standard InChI is InChI=1S/C60H98N16O20S/c1-29(2)24-37(69-51(87)38(25-33-14-8-7-9-15-33)70-54(90)41(28-97)73-52(88)39(26-44(82)83)71-56(92)45(62)30(3)4)50(86)72-40(27-77)53(89)68-36(17-12-22-65-60(63)64)58(94)76-23-13-18-42(76)55(91)74-46(31(5)78)57(93)67-35(19-20-43(80)81)48(84)66-34(16-10-11-21-61)49(85)75-47(32(6)79)59(95)96/h7-9,14-15,29-32,34-42,45-47,77-79,97H,10-13,16-28,61-62H2,1-6H3,(H,66,84)(H,67,93)(H,68,89)(H,69,87)(H,70,90)(H,71,92)(H,72,86)(H,73,88)(H,74,91)(H,75,85)(H,80,81)(H,82,83)(H,95,96)(H4,63,64,65). The van der Waals surface area contributed by atoms with Gasteiger partial charge >= 0.3 is 17.9 Å². The quantitative estimate of drug-likeness (QED) is 0.0125. The third kappa shape index (κ3) is 29.6. The summed E-state index contributed by atoms with van der Waals surface area (Å²) in [4.78, 5) is 193. The number of guanidine groups is 1. The van der Waals surface area contributed by atoms with E-state index in [1.165, 1.54) is 0 Å². The van der Waals surface area contributed by atoms with Crippen LogP contribution in [0.1, 0.15) is 118 Å². The number of aliphatic hydroxyl groups is 3. The minimum absolute atomic E-state index is 0.0154. The molecule has 0 aliphatic carbocycles. The van der Waals surface area contributed by atoms with Crippen molar-refractivity contribution in [3.05, 3.63) is 35.9 Å². The molecule has 0 saturated carbocycles. The Kier molecular flexibility index (Phi) is 37.1. The maximum absolute atomic E-state index is 14.6. The van der Waals surface area contributed by atoms with Gasteiger partial charge in [0.1, 0.15) is 60.4 Å². The van der Waals surface area contributed by atoms with E-state index in [4.69, 9.17) is 22.9 Å². The molecule has 1 aliphatic rings. The number of likely N-dealkylation sites (tertiary alicyclic amines) is 1. The van der Waals surface area contributed by atoms with Gasteiger partial charge in [-0.15, -0.1) is 0 Å². The van der Waals surface area contributed by atoms with Crippen LogP contribution in [0.15, 0.2) is 35.3 Å². The lowest BCUT2D eigenvalue weighted by molar-refractivity contribution is -0.145. The van der Waals surface area contributed by atoms with Crippen molar-refractivity contribution >= 4 is 101 Å². The number of nitrogens with two attached hydrogens (primary N) is 4. The van der Waals surface area contributed by atoms with Crippen LogP contribution in [0.3, 0.4) is 0 Å². The lowest BCUT2D eigenvalue weighted by Crippen LogP contribution is -2.62. The van der Waals surface area contributed by atoms with Crippen molar-refractivity contribution in [2.45, 2.75) is 203 Å². The van der Waals surface area contributed by atoms with Crippen LogP contribution in [-0.2, 0) is 73.5 Å². The fraction of sp³-hybridized carbons (Fsp3) is 0.650. The fourth-order valence-electron chi connectivity index (χ4n) is 9.86. The second kappa shape index (κ2) is 42.7. The molecule has 1 aliphatic heterocycles. The maximum Gasteiger partial charge on any atom is 0.328 e. The lowest BCUT2D eigenvalue weighted by Gasteiger charge is -2.31. The summed E-state index contributed by atoms with van der Waals surface area (Å²) in [5, 5.41) is 84.0. The summed E-state index contributed by atoms with van der Waals surface area (Å²) in [7, 11) is 0. The van der Waals surface area contributed by atoms with E-state index in [2.05, 4.69) is 70.8 Å². The van der Waals surface area contributed by atoms with E-state index in [0.29, 0.717) is 12.0 Å². The molecule has 1 saturated heterocycles. The largest absolute Gasteiger partial charge is 0.481 e. The Morgan fingerprint density at radius 1 is 0.577 bits per heavy atom. The number of nitrogens with zero attached hydrogens (tertiary/aromatic N) is 2. The van der Waals surface area contributed by atoms with Gasteiger partial charge in [-0.1, -0.05) is 58.0 Å². The van der Waals surface area contributed by atoms with Gasteiger partial charge in [-0.05, 0) is 95.6 Å². The summed E-state index contributed by atoms with van der Waals surface area (Å²) >= 11 is 4.20. The molecule has 0 aromatic heterocycles. The van der Waals surface area contributed by atoms with Gasteiger partial charge in [0.05, 0.1) is 31.3 Å². The number of aliphatic hydroxyl groups excluding tert-OH is 3. The third-order valence-electron chi connectivity index (χ3n) is 15.3. The molecule has 2 rings (SSSR count). The van der Waals surface area contributed by atoms with Gasteiger partial charge in [-0.3, -0.25) is 67.3 Å². The number of thiol groups is 1. The van der Waals surface area contributed by atoms with Gasteiger partial charge in [0.25, 0.3) is 0 Å². The normalized spacial score (nSPS) is 16.8. The zero-order valence-electron chi connectivity index (χ0n) is 55.2. The molecule has 1 aromatic carbocycles. The molecule has 36 nitrogen and oxygen atoms in total. The highest BCUT2D eigenvalue weighted by Crippen LogP contribution is 2.21. The molecule has 0 bridgehead atoms. The molecule has 14 atom stereocenters. The molecule has 544 valence electrons. The number of amides is 11. The number of aliphatic imine (C=N–C) groups is 1. The second-order valence-corrected chi connectivity index (χ2v) is 24.6. The van der Waals surface area contributed by atoms with Crippen LogP contribution in [0.2, 0.25) is 0 Å². The summed E-state index contributed by atoms with van der Waals surface area (Å²) in [6.45, 7) is 7.75. The average molecular weight is 1400 g/mol. The first kappa shape index (κ1) is 84.3. The number of aliphatic carboxylic acids is 3. The smallest absolute Gasteiger partial charge is 0.328 e. The number of hydrogen-bond acceptors (Lipinski definition) is 21. The molecule has 97 heavy (non-hydrogen) atoms. The van der Waals surface area contributed by atoms with Crippen LogP contribution in [0.25, 0.3) is 0 Å². The number of hydrogen-bond donors (Lipinski definition) is 21. The molecule has 14 unspecified atom stereocenters. The first-order valence-electron chi connectivity index (χ1n) is 31.7. The number of rotatable bonds is 44. The van der Waals surface area contributed by atoms with Crippen molar-refractivity contribution in [2.75, 3.05) is 32.0 Å². The molecular formula is C60H98N16O20S. The number of carbonyl (C=O) groups excluding carboxylic acids is 11. The Balaban J connectivity index is 2.46. The zero-order chi connectivity index (χ0) is 73.4. The summed E-state index contributed by atoms with van der Waals surface area (Å²) in [6.07, 6.45) is -5.46. The van der Waals surface area contributed by atoms with Gasteiger partial charge in [0.2, 0.25) is 65.0 Å². The van der Waals surface area contributed by atoms with Crippen LogP contribution in [-0.4, -0.2) is 241 Å². The van der Waals surface area contributed by atoms with E-state index < -0.39 is 205 Å². The van der Waals surface area contributed by atoms with E-state index in [-0.39, 0.29) is 82.9 Å². The molecule has 0 radical (unpaired) electrons. The fourth-order valence-corrected chi connectivity index (χ4v) is 10.1. The van der Waals surface area contributed by atoms with Crippen molar-refractivity contribution in [1.82, 2.24) is 58.1 Å². The highest BCUT2D eigenvalue weighted by molar-refractivity contribution is 7.80. The van der Waals surface area contributed by atoms with Crippen molar-refractivity contribution in [3.8, 4) is 0 Å². The Morgan fingerprint density at radius 2 is 1.07 bits per heavy atom. The zero-order valence-corrected chi connectivity index (χ0v) is 56.1. The molecule has 11 amide bonds. The molecule has 0 spiro atoms. The minimum atomic E-state index is -1.90. The van der Waals surface area contributed by atoms with Gasteiger partial charge in [0, 0.05) is 31.7 Å². The molecule has 37 heteroatoms. The highest BCUT2D eigenvalue weighted by atomic mass is 32.1. The molecule has 1 fully saturated rings. The average Bonchev–Trinajstić information content (AvgIpc) is 1.76. The topological polar surface area (TPSA) is 600 Å². The Morgan fingerprint density at radius 3 is 1.62 bits per heavy atom. The lowest BCUT2D eigenvalue weighted by atomic mass is 10.0. The Hall–Kier alpha value is -8.78. The summed E-state index contributed by atoms with van der Waals surface area (Å²) in [5.41, 5.74) is 23.1. The molecule has 1 aromatic rings. The van der Waals surface area contributed by atoms with Crippen molar-refractivity contribution in [1.29, 1.82) is 0 Å². The number of unbranched alkanes of at least 4 members (excludes halogenated alkanes) is 1. The SMILES string of the molecule is CC(C)CC(NC(=O)C(Cc1ccccc1)NC(=O)C(CS)NC(=O)C(CC(=O)O)NC(=O)C(N)C(C)C)C(=O)NC(CO)C(=O)NC(CCCN=C(N)N)C(=O)N1CCCC1C(=O)NC(C(=O)NC(CCC(=O)O)C(=O)NC(CCCCN)C(=O)NC(C(=O)O)C(C)O)C(C)O. The van der Waals surface area contributed by atoms with Crippen LogP contribution in [0.4, 0.5) is 0 Å². The number of carboxylic acids is 3. The van der Waals surface area contributed by atoms with Crippen LogP contribution < -0.4 is 76.1 Å². The molecule has 24 N–H and O–H groups in total. The number of carbonyl (C=O) groups is 14. The van der Waals surface area contributed by atoms with E-state index in [0.717, 1.165) is 18.7 Å². The number of carboxylic acid groups (broad SMARTS) is 3. The van der Waals surface area contributed by atoms with Crippen molar-refractivity contribution in [3.63, 3.8) is 0 Å².